The number of pyridine rings is 1. The highest BCUT2D eigenvalue weighted by atomic mass is 32.2. The Labute approximate surface area is 110 Å². The number of nitrogens with one attached hydrogen (secondary N) is 1. The highest BCUT2D eigenvalue weighted by molar-refractivity contribution is 7.89. The summed E-state index contributed by atoms with van der Waals surface area (Å²) in [5, 5.41) is 0. The van der Waals surface area contributed by atoms with Gasteiger partial charge in [-0.15, -0.1) is 0 Å². The molecule has 2 rings (SSSR count). The molecule has 0 aliphatic carbocycles. The van der Waals surface area contributed by atoms with Crippen LogP contribution in [0.3, 0.4) is 0 Å². The van der Waals surface area contributed by atoms with Crippen LogP contribution in [0.1, 0.15) is 5.56 Å². The number of rotatable bonds is 4. The molecular formula is C12H12FN3O2S. The highest BCUT2D eigenvalue weighted by Gasteiger charge is 2.18. The summed E-state index contributed by atoms with van der Waals surface area (Å²) < 4.78 is 39.6. The van der Waals surface area contributed by atoms with Crippen molar-refractivity contribution in [2.75, 3.05) is 5.73 Å². The zero-order chi connectivity index (χ0) is 13.9. The monoisotopic (exact) mass is 281 g/mol. The number of nitrogens with two attached hydrogens (primary N) is 1. The molecule has 0 spiro atoms. The lowest BCUT2D eigenvalue weighted by atomic mass is 10.3. The van der Waals surface area contributed by atoms with E-state index in [1.165, 1.54) is 18.3 Å². The summed E-state index contributed by atoms with van der Waals surface area (Å²) in [6, 6.07) is 7.08. The normalized spacial score (nSPS) is 11.4. The summed E-state index contributed by atoms with van der Waals surface area (Å²) in [7, 11) is -3.85. The van der Waals surface area contributed by atoms with E-state index in [9.17, 15) is 12.8 Å². The quantitative estimate of drug-likeness (QED) is 0.827. The van der Waals surface area contributed by atoms with Crippen LogP contribution in [0.5, 0.6) is 0 Å². The van der Waals surface area contributed by atoms with E-state index in [1.54, 1.807) is 18.3 Å². The third-order valence-electron chi connectivity index (χ3n) is 2.49. The van der Waals surface area contributed by atoms with Crippen LogP contribution >= 0.6 is 0 Å². The fourth-order valence-corrected chi connectivity index (χ4v) is 2.67. The van der Waals surface area contributed by atoms with Gasteiger partial charge in [0, 0.05) is 18.9 Å². The third-order valence-corrected chi connectivity index (χ3v) is 3.95. The lowest BCUT2D eigenvalue weighted by Crippen LogP contribution is -2.24. The molecule has 1 heterocycles. The molecular weight excluding hydrogens is 269 g/mol. The first kappa shape index (κ1) is 13.4. The molecule has 0 bridgehead atoms. The van der Waals surface area contributed by atoms with Crippen molar-refractivity contribution in [2.45, 2.75) is 11.4 Å². The summed E-state index contributed by atoms with van der Waals surface area (Å²) in [5.41, 5.74) is 5.74. The van der Waals surface area contributed by atoms with Gasteiger partial charge >= 0.3 is 0 Å². The number of sulfonamides is 1. The second-order valence-corrected chi connectivity index (χ2v) is 5.57. The van der Waals surface area contributed by atoms with E-state index < -0.39 is 15.8 Å². The lowest BCUT2D eigenvalue weighted by molar-refractivity contribution is 0.578. The van der Waals surface area contributed by atoms with Crippen molar-refractivity contribution in [3.05, 3.63) is 54.1 Å². The van der Waals surface area contributed by atoms with Gasteiger partial charge in [-0.3, -0.25) is 4.98 Å². The van der Waals surface area contributed by atoms with Gasteiger partial charge in [-0.1, -0.05) is 12.1 Å². The standard InChI is InChI=1S/C12H12FN3O2S/c13-10-4-1-5-11(12(10)14)19(17,18)16-8-9-3-2-6-15-7-9/h1-7,16H,8,14H2. The fraction of sp³-hybridized carbons (Fsp3) is 0.0833. The van der Waals surface area contributed by atoms with Crippen LogP contribution in [0.15, 0.2) is 47.6 Å². The van der Waals surface area contributed by atoms with Crippen LogP contribution in [0.4, 0.5) is 10.1 Å². The summed E-state index contributed by atoms with van der Waals surface area (Å²) >= 11 is 0. The number of halogens is 1. The van der Waals surface area contributed by atoms with Crippen molar-refractivity contribution in [3.63, 3.8) is 0 Å². The zero-order valence-corrected chi connectivity index (χ0v) is 10.7. The minimum absolute atomic E-state index is 0.0616. The Morgan fingerprint density at radius 1 is 1.26 bits per heavy atom. The van der Waals surface area contributed by atoms with Crippen LogP contribution in [-0.2, 0) is 16.6 Å². The summed E-state index contributed by atoms with van der Waals surface area (Å²) in [6.07, 6.45) is 3.13. The van der Waals surface area contributed by atoms with Crippen molar-refractivity contribution in [2.24, 2.45) is 0 Å². The van der Waals surface area contributed by atoms with Crippen molar-refractivity contribution in [3.8, 4) is 0 Å². The number of hydrogen-bond acceptors (Lipinski definition) is 4. The Morgan fingerprint density at radius 3 is 2.74 bits per heavy atom. The van der Waals surface area contributed by atoms with Gasteiger partial charge < -0.3 is 5.73 Å². The molecule has 0 unspecified atom stereocenters. The van der Waals surface area contributed by atoms with Crippen LogP contribution in [0.25, 0.3) is 0 Å². The average Bonchev–Trinajstić information content (AvgIpc) is 2.41. The van der Waals surface area contributed by atoms with E-state index in [0.29, 0.717) is 5.56 Å². The maximum absolute atomic E-state index is 13.2. The Hall–Kier alpha value is -1.99. The Bertz CT molecular complexity index is 675. The number of hydrogen-bond donors (Lipinski definition) is 2. The zero-order valence-electron chi connectivity index (χ0n) is 9.88. The van der Waals surface area contributed by atoms with Gasteiger partial charge in [0.2, 0.25) is 10.0 Å². The van der Waals surface area contributed by atoms with Crippen molar-refractivity contribution in [1.29, 1.82) is 0 Å². The summed E-state index contributed by atoms with van der Waals surface area (Å²) in [6.45, 7) is 0.0616. The third kappa shape index (κ3) is 3.07. The number of para-hydroxylation sites is 1. The molecule has 0 saturated carbocycles. The van der Waals surface area contributed by atoms with Crippen molar-refractivity contribution in [1.82, 2.24) is 9.71 Å². The van der Waals surface area contributed by atoms with Crippen LogP contribution in [0.2, 0.25) is 0 Å². The summed E-state index contributed by atoms with van der Waals surface area (Å²) in [5.74, 6) is -0.760. The van der Waals surface area contributed by atoms with E-state index >= 15 is 0 Å². The van der Waals surface area contributed by atoms with Gasteiger partial charge in [0.25, 0.3) is 0 Å². The van der Waals surface area contributed by atoms with Crippen LogP contribution in [-0.4, -0.2) is 13.4 Å². The number of nitrogen functional groups attached to an aromatic ring is 1. The minimum atomic E-state index is -3.85. The molecule has 5 nitrogen and oxygen atoms in total. The van der Waals surface area contributed by atoms with Gasteiger partial charge in [0.05, 0.1) is 5.69 Å². The second kappa shape index (κ2) is 5.33. The molecule has 100 valence electrons. The molecule has 1 aromatic carbocycles. The largest absolute Gasteiger partial charge is 0.395 e. The molecule has 0 radical (unpaired) electrons. The number of benzene rings is 1. The maximum Gasteiger partial charge on any atom is 0.243 e. The predicted molar refractivity (Wildman–Crippen MR) is 69.1 cm³/mol. The van der Waals surface area contributed by atoms with E-state index in [4.69, 9.17) is 5.73 Å². The van der Waals surface area contributed by atoms with E-state index in [0.717, 1.165) is 6.07 Å². The van der Waals surface area contributed by atoms with Gasteiger partial charge in [-0.2, -0.15) is 0 Å². The van der Waals surface area contributed by atoms with Gasteiger partial charge in [-0.25, -0.2) is 17.5 Å². The molecule has 0 aliphatic rings. The second-order valence-electron chi connectivity index (χ2n) is 3.84. The SMILES string of the molecule is Nc1c(F)cccc1S(=O)(=O)NCc1cccnc1. The van der Waals surface area contributed by atoms with Crippen molar-refractivity contribution >= 4 is 15.7 Å². The molecule has 0 amide bonds. The number of anilines is 1. The molecule has 2 aromatic rings. The number of aromatic nitrogens is 1. The maximum atomic E-state index is 13.2. The average molecular weight is 281 g/mol. The summed E-state index contributed by atoms with van der Waals surface area (Å²) in [4.78, 5) is 3.60. The van der Waals surface area contributed by atoms with Gasteiger partial charge in [-0.05, 0) is 23.8 Å². The van der Waals surface area contributed by atoms with Gasteiger partial charge in [0.1, 0.15) is 10.7 Å². The molecule has 19 heavy (non-hydrogen) atoms. The minimum Gasteiger partial charge on any atom is -0.395 e. The number of nitrogens with zero attached hydrogens (tertiary/aromatic N) is 1. The smallest absolute Gasteiger partial charge is 0.243 e. The Morgan fingerprint density at radius 2 is 2.05 bits per heavy atom. The molecule has 0 fully saturated rings. The Balaban J connectivity index is 2.22. The van der Waals surface area contributed by atoms with E-state index in [1.807, 2.05) is 0 Å². The molecule has 0 atom stereocenters. The molecule has 0 aliphatic heterocycles. The van der Waals surface area contributed by atoms with Gasteiger partial charge in [0.15, 0.2) is 0 Å². The van der Waals surface area contributed by atoms with Crippen LogP contribution < -0.4 is 10.5 Å². The lowest BCUT2D eigenvalue weighted by Gasteiger charge is -2.09. The van der Waals surface area contributed by atoms with E-state index in [-0.39, 0.29) is 17.1 Å². The highest BCUT2D eigenvalue weighted by Crippen LogP contribution is 2.20. The molecule has 1 aromatic heterocycles. The van der Waals surface area contributed by atoms with E-state index in [2.05, 4.69) is 9.71 Å². The van der Waals surface area contributed by atoms with Crippen molar-refractivity contribution < 1.29 is 12.8 Å². The fourth-order valence-electron chi connectivity index (χ4n) is 1.51. The first-order chi connectivity index (χ1) is 9.00. The first-order valence-electron chi connectivity index (χ1n) is 5.43. The first-order valence-corrected chi connectivity index (χ1v) is 6.91. The molecule has 7 heteroatoms. The predicted octanol–water partition coefficient (Wildman–Crippen LogP) is 1.28. The molecule has 0 saturated heterocycles. The van der Waals surface area contributed by atoms with Crippen LogP contribution in [0, 0.1) is 5.82 Å². The Kier molecular flexibility index (Phi) is 3.77. The topological polar surface area (TPSA) is 85.1 Å². The molecule has 3 N–H and O–H groups in total.